The summed E-state index contributed by atoms with van der Waals surface area (Å²) in [6, 6.07) is 7.62. The number of nitrogens with zero attached hydrogens (tertiary/aromatic N) is 3. The van der Waals surface area contributed by atoms with Gasteiger partial charge in [-0.3, -0.25) is 14.8 Å². The molecule has 5 nitrogen and oxygen atoms in total. The lowest BCUT2D eigenvalue weighted by molar-refractivity contribution is 0.0996. The Bertz CT molecular complexity index is 1000. The van der Waals surface area contributed by atoms with Crippen LogP contribution in [0.1, 0.15) is 21.5 Å². The molecule has 0 bridgehead atoms. The van der Waals surface area contributed by atoms with Crippen LogP contribution < -0.4 is 9.64 Å². The SMILES string of the molecule is COc1cncc(C)c1-c1nccc2c1CN(c1ccc(F)cc1)C2=O. The van der Waals surface area contributed by atoms with Crippen molar-refractivity contribution in [2.75, 3.05) is 12.0 Å². The Hall–Kier alpha value is -3.28. The predicted octanol–water partition coefficient (Wildman–Crippen LogP) is 3.76. The van der Waals surface area contributed by atoms with Gasteiger partial charge in [0.25, 0.3) is 5.91 Å². The second kappa shape index (κ2) is 6.22. The molecular weight excluding hydrogens is 333 g/mol. The van der Waals surface area contributed by atoms with Crippen molar-refractivity contribution in [2.24, 2.45) is 0 Å². The second-order valence-electron chi connectivity index (χ2n) is 6.09. The average molecular weight is 349 g/mol. The molecule has 2 aromatic heterocycles. The summed E-state index contributed by atoms with van der Waals surface area (Å²) in [5, 5.41) is 0. The molecule has 0 aliphatic carbocycles. The highest BCUT2D eigenvalue weighted by molar-refractivity contribution is 6.11. The monoisotopic (exact) mass is 349 g/mol. The summed E-state index contributed by atoms with van der Waals surface area (Å²) >= 11 is 0. The van der Waals surface area contributed by atoms with E-state index in [0.717, 1.165) is 16.7 Å². The molecule has 0 saturated carbocycles. The number of pyridine rings is 2. The summed E-state index contributed by atoms with van der Waals surface area (Å²) < 4.78 is 18.7. The van der Waals surface area contributed by atoms with Crippen LogP contribution in [0.4, 0.5) is 10.1 Å². The van der Waals surface area contributed by atoms with Gasteiger partial charge in [-0.25, -0.2) is 4.39 Å². The molecule has 3 heterocycles. The van der Waals surface area contributed by atoms with Gasteiger partial charge in [0.2, 0.25) is 0 Å². The lowest BCUT2D eigenvalue weighted by Gasteiger charge is -2.16. The summed E-state index contributed by atoms with van der Waals surface area (Å²) in [5.74, 6) is 0.150. The Balaban J connectivity index is 1.84. The van der Waals surface area contributed by atoms with E-state index in [1.54, 1.807) is 48.8 Å². The van der Waals surface area contributed by atoms with Gasteiger partial charge in [-0.05, 0) is 42.8 Å². The van der Waals surface area contributed by atoms with E-state index in [2.05, 4.69) is 9.97 Å². The third-order valence-electron chi connectivity index (χ3n) is 4.54. The van der Waals surface area contributed by atoms with Crippen LogP contribution in [0.25, 0.3) is 11.3 Å². The van der Waals surface area contributed by atoms with Gasteiger partial charge >= 0.3 is 0 Å². The molecule has 0 spiro atoms. The van der Waals surface area contributed by atoms with Crippen molar-refractivity contribution in [2.45, 2.75) is 13.5 Å². The van der Waals surface area contributed by atoms with Crippen LogP contribution >= 0.6 is 0 Å². The molecule has 1 aliphatic rings. The van der Waals surface area contributed by atoms with Crippen LogP contribution in [-0.4, -0.2) is 23.0 Å². The number of methoxy groups -OCH3 is 1. The van der Waals surface area contributed by atoms with E-state index in [-0.39, 0.29) is 11.7 Å². The fourth-order valence-electron chi connectivity index (χ4n) is 3.27. The van der Waals surface area contributed by atoms with Gasteiger partial charge in [0.1, 0.15) is 11.6 Å². The van der Waals surface area contributed by atoms with E-state index in [1.807, 2.05) is 6.92 Å². The summed E-state index contributed by atoms with van der Waals surface area (Å²) in [7, 11) is 1.58. The number of carbonyl (C=O) groups excluding carboxylic acids is 1. The van der Waals surface area contributed by atoms with Crippen LogP contribution in [0.3, 0.4) is 0 Å². The van der Waals surface area contributed by atoms with Gasteiger partial charge in [0.05, 0.1) is 25.5 Å². The molecule has 130 valence electrons. The third-order valence-corrected chi connectivity index (χ3v) is 4.54. The zero-order valence-electron chi connectivity index (χ0n) is 14.4. The zero-order chi connectivity index (χ0) is 18.3. The minimum atomic E-state index is -0.336. The van der Waals surface area contributed by atoms with Crippen molar-refractivity contribution >= 4 is 11.6 Å². The molecule has 0 unspecified atom stereocenters. The van der Waals surface area contributed by atoms with Crippen LogP contribution in [0, 0.1) is 12.7 Å². The van der Waals surface area contributed by atoms with Crippen LogP contribution in [0.2, 0.25) is 0 Å². The molecule has 4 rings (SSSR count). The largest absolute Gasteiger partial charge is 0.494 e. The number of carbonyl (C=O) groups is 1. The van der Waals surface area contributed by atoms with Gasteiger partial charge in [-0.15, -0.1) is 0 Å². The lowest BCUT2D eigenvalue weighted by Crippen LogP contribution is -2.22. The van der Waals surface area contributed by atoms with E-state index < -0.39 is 0 Å². The van der Waals surface area contributed by atoms with Gasteiger partial charge in [0, 0.05) is 34.8 Å². The van der Waals surface area contributed by atoms with E-state index >= 15 is 0 Å². The maximum atomic E-state index is 13.2. The highest BCUT2D eigenvalue weighted by Crippen LogP contribution is 2.38. The third kappa shape index (κ3) is 2.50. The number of rotatable bonds is 3. The highest BCUT2D eigenvalue weighted by Gasteiger charge is 2.32. The first-order valence-electron chi connectivity index (χ1n) is 8.14. The minimum Gasteiger partial charge on any atom is -0.494 e. The number of halogens is 1. The number of aryl methyl sites for hydroxylation is 1. The molecule has 1 aromatic carbocycles. The first-order chi connectivity index (χ1) is 12.6. The molecule has 1 aliphatic heterocycles. The molecule has 0 atom stereocenters. The van der Waals surface area contributed by atoms with Crippen molar-refractivity contribution in [3.63, 3.8) is 0 Å². The quantitative estimate of drug-likeness (QED) is 0.722. The summed E-state index contributed by atoms with van der Waals surface area (Å²) in [4.78, 5) is 23.2. The lowest BCUT2D eigenvalue weighted by atomic mass is 10.00. The molecule has 6 heteroatoms. The smallest absolute Gasteiger partial charge is 0.259 e. The number of aromatic nitrogens is 2. The molecule has 0 fully saturated rings. The molecule has 3 aromatic rings. The van der Waals surface area contributed by atoms with Crippen molar-refractivity contribution < 1.29 is 13.9 Å². The van der Waals surface area contributed by atoms with Gasteiger partial charge < -0.3 is 9.64 Å². The number of ether oxygens (including phenoxy) is 1. The van der Waals surface area contributed by atoms with Gasteiger partial charge in [0.15, 0.2) is 0 Å². The number of hydrogen-bond donors (Lipinski definition) is 0. The van der Waals surface area contributed by atoms with E-state index in [0.29, 0.717) is 29.2 Å². The van der Waals surface area contributed by atoms with Crippen LogP contribution in [0.5, 0.6) is 5.75 Å². The summed E-state index contributed by atoms with van der Waals surface area (Å²) in [6.07, 6.45) is 5.00. The normalized spacial score (nSPS) is 13.0. The second-order valence-corrected chi connectivity index (χ2v) is 6.09. The standard InChI is InChI=1S/C20H16FN3O2/c1-12-9-22-10-17(26-2)18(12)19-16-11-24(14-5-3-13(21)4-6-14)20(25)15(16)7-8-23-19/h3-10H,11H2,1-2H3. The molecular formula is C20H16FN3O2. The number of amides is 1. The van der Waals surface area contributed by atoms with Crippen LogP contribution in [-0.2, 0) is 6.54 Å². The summed E-state index contributed by atoms with van der Waals surface area (Å²) in [5.41, 5.74) is 4.52. The van der Waals surface area contributed by atoms with Gasteiger partial charge in [-0.1, -0.05) is 0 Å². The molecule has 0 radical (unpaired) electrons. The fraction of sp³-hybridized carbons (Fsp3) is 0.150. The maximum absolute atomic E-state index is 13.2. The predicted molar refractivity (Wildman–Crippen MR) is 95.7 cm³/mol. The maximum Gasteiger partial charge on any atom is 0.259 e. The van der Waals surface area contributed by atoms with E-state index in [1.165, 1.54) is 12.1 Å². The Kier molecular flexibility index (Phi) is 3.88. The first-order valence-corrected chi connectivity index (χ1v) is 8.14. The number of benzene rings is 1. The first kappa shape index (κ1) is 16.2. The van der Waals surface area contributed by atoms with Crippen molar-refractivity contribution in [3.8, 4) is 17.0 Å². The number of fused-ring (bicyclic) bond motifs is 1. The fourth-order valence-corrected chi connectivity index (χ4v) is 3.27. The highest BCUT2D eigenvalue weighted by atomic mass is 19.1. The molecule has 1 amide bonds. The van der Waals surface area contributed by atoms with E-state index in [9.17, 15) is 9.18 Å². The Morgan fingerprint density at radius 3 is 2.65 bits per heavy atom. The minimum absolute atomic E-state index is 0.124. The van der Waals surface area contributed by atoms with E-state index in [4.69, 9.17) is 4.74 Å². The number of hydrogen-bond acceptors (Lipinski definition) is 4. The zero-order valence-corrected chi connectivity index (χ0v) is 14.4. The Labute approximate surface area is 150 Å². The topological polar surface area (TPSA) is 55.3 Å². The molecule has 0 saturated heterocycles. The molecule has 0 N–H and O–H groups in total. The Morgan fingerprint density at radius 1 is 1.15 bits per heavy atom. The van der Waals surface area contributed by atoms with Crippen LogP contribution in [0.15, 0.2) is 48.9 Å². The summed E-state index contributed by atoms with van der Waals surface area (Å²) in [6.45, 7) is 2.30. The average Bonchev–Trinajstić information content (AvgIpc) is 2.99. The van der Waals surface area contributed by atoms with Crippen molar-refractivity contribution in [1.29, 1.82) is 0 Å². The Morgan fingerprint density at radius 2 is 1.92 bits per heavy atom. The van der Waals surface area contributed by atoms with Crippen molar-refractivity contribution in [1.82, 2.24) is 9.97 Å². The van der Waals surface area contributed by atoms with Gasteiger partial charge in [-0.2, -0.15) is 0 Å². The molecule has 26 heavy (non-hydrogen) atoms. The van der Waals surface area contributed by atoms with Crippen molar-refractivity contribution in [3.05, 3.63) is 71.4 Å². The number of anilines is 1.